The number of benzene rings is 1. The Morgan fingerprint density at radius 1 is 1.32 bits per heavy atom. The second-order valence-electron chi connectivity index (χ2n) is 5.32. The molecule has 116 valence electrons. The Hall–Kier alpha value is -1.81. The van der Waals surface area contributed by atoms with Crippen molar-refractivity contribution in [1.29, 1.82) is 0 Å². The van der Waals surface area contributed by atoms with E-state index >= 15 is 0 Å². The van der Waals surface area contributed by atoms with Crippen molar-refractivity contribution in [3.63, 3.8) is 0 Å². The maximum Gasteiger partial charge on any atom is 0.119 e. The fourth-order valence-corrected chi connectivity index (χ4v) is 2.78. The molecule has 2 rings (SSSR count). The average molecular weight is 361 g/mol. The van der Waals surface area contributed by atoms with E-state index in [1.54, 1.807) is 7.11 Å². The molecule has 3 nitrogen and oxygen atoms in total. The van der Waals surface area contributed by atoms with Gasteiger partial charge in [0.05, 0.1) is 13.2 Å². The van der Waals surface area contributed by atoms with E-state index < -0.39 is 0 Å². The predicted molar refractivity (Wildman–Crippen MR) is 95.3 cm³/mol. The third kappa shape index (κ3) is 4.60. The minimum absolute atomic E-state index is 0.197. The van der Waals surface area contributed by atoms with Crippen LogP contribution >= 0.6 is 15.9 Å². The lowest BCUT2D eigenvalue weighted by atomic mass is 10.0. The van der Waals surface area contributed by atoms with Crippen LogP contribution in [0.1, 0.15) is 31.4 Å². The Balaban J connectivity index is 2.20. The first kappa shape index (κ1) is 16.6. The van der Waals surface area contributed by atoms with Crippen molar-refractivity contribution in [2.75, 3.05) is 12.4 Å². The van der Waals surface area contributed by atoms with Gasteiger partial charge in [-0.25, -0.2) is 0 Å². The second-order valence-corrected chi connectivity index (χ2v) is 6.17. The number of halogens is 1. The highest BCUT2D eigenvalue weighted by atomic mass is 79.9. The Bertz CT molecular complexity index is 625. The van der Waals surface area contributed by atoms with E-state index in [1.165, 1.54) is 11.1 Å². The van der Waals surface area contributed by atoms with E-state index in [4.69, 9.17) is 4.74 Å². The first-order valence-corrected chi connectivity index (χ1v) is 8.04. The summed E-state index contributed by atoms with van der Waals surface area (Å²) in [7, 11) is 1.67. The molecule has 0 fully saturated rings. The van der Waals surface area contributed by atoms with Crippen LogP contribution in [0.15, 0.2) is 59.4 Å². The van der Waals surface area contributed by atoms with Gasteiger partial charge in [-0.15, -0.1) is 6.58 Å². The Morgan fingerprint density at radius 2 is 2.05 bits per heavy atom. The van der Waals surface area contributed by atoms with Crippen LogP contribution in [-0.2, 0) is 0 Å². The summed E-state index contributed by atoms with van der Waals surface area (Å²) in [6, 6.07) is 10.2. The molecule has 0 unspecified atom stereocenters. The number of nitrogens with zero attached hydrogens (tertiary/aromatic N) is 1. The fraction of sp³-hybridized carbons (Fsp3) is 0.278. The highest BCUT2D eigenvalue weighted by Crippen LogP contribution is 2.30. The molecule has 0 spiro atoms. The molecule has 0 radical (unpaired) electrons. The number of methoxy groups -OCH3 is 1. The minimum Gasteiger partial charge on any atom is -0.497 e. The van der Waals surface area contributed by atoms with Gasteiger partial charge in [0.1, 0.15) is 5.75 Å². The summed E-state index contributed by atoms with van der Waals surface area (Å²) in [5.41, 5.74) is 3.45. The summed E-state index contributed by atoms with van der Waals surface area (Å²) in [6.45, 7) is 6.07. The van der Waals surface area contributed by atoms with Gasteiger partial charge in [-0.3, -0.25) is 4.98 Å². The number of allylic oxidation sites excluding steroid dienone is 1. The van der Waals surface area contributed by atoms with E-state index in [-0.39, 0.29) is 6.04 Å². The van der Waals surface area contributed by atoms with Crippen LogP contribution in [0, 0.1) is 0 Å². The van der Waals surface area contributed by atoms with Crippen LogP contribution in [-0.4, -0.2) is 12.1 Å². The highest BCUT2D eigenvalue weighted by molar-refractivity contribution is 9.10. The SMILES string of the molecule is C=C(C)CC[C@@H](Nc1ccc(OC)cc1)c1ccncc1Br. The quantitative estimate of drug-likeness (QED) is 0.674. The number of anilines is 1. The van der Waals surface area contributed by atoms with Gasteiger partial charge in [0.25, 0.3) is 0 Å². The topological polar surface area (TPSA) is 34.1 Å². The van der Waals surface area contributed by atoms with Crippen LogP contribution in [0.25, 0.3) is 0 Å². The summed E-state index contributed by atoms with van der Waals surface area (Å²) >= 11 is 3.60. The number of aromatic nitrogens is 1. The van der Waals surface area contributed by atoms with Crippen molar-refractivity contribution in [3.05, 3.63) is 64.9 Å². The minimum atomic E-state index is 0.197. The van der Waals surface area contributed by atoms with Gasteiger partial charge >= 0.3 is 0 Å². The molecule has 0 aliphatic carbocycles. The van der Waals surface area contributed by atoms with Crippen LogP contribution in [0.4, 0.5) is 5.69 Å². The van der Waals surface area contributed by atoms with E-state index in [2.05, 4.69) is 39.7 Å². The summed E-state index contributed by atoms with van der Waals surface area (Å²) in [6.07, 6.45) is 5.61. The Kier molecular flexibility index (Phi) is 6.01. The lowest BCUT2D eigenvalue weighted by Gasteiger charge is -2.22. The van der Waals surface area contributed by atoms with E-state index in [0.29, 0.717) is 0 Å². The molecule has 1 N–H and O–H groups in total. The molecule has 0 saturated carbocycles. The third-order valence-corrected chi connectivity index (χ3v) is 4.13. The van der Waals surface area contributed by atoms with E-state index in [9.17, 15) is 0 Å². The molecule has 1 atom stereocenters. The summed E-state index contributed by atoms with van der Waals surface area (Å²) in [5, 5.41) is 3.59. The molecule has 0 saturated heterocycles. The van der Waals surface area contributed by atoms with Crippen LogP contribution < -0.4 is 10.1 Å². The zero-order chi connectivity index (χ0) is 15.9. The molecule has 0 aliphatic rings. The summed E-state index contributed by atoms with van der Waals surface area (Å²) in [4.78, 5) is 4.14. The normalized spacial score (nSPS) is 11.8. The monoisotopic (exact) mass is 360 g/mol. The lowest BCUT2D eigenvalue weighted by molar-refractivity contribution is 0.415. The van der Waals surface area contributed by atoms with Gasteiger partial charge in [-0.1, -0.05) is 5.57 Å². The van der Waals surface area contributed by atoms with Crippen molar-refractivity contribution >= 4 is 21.6 Å². The lowest BCUT2D eigenvalue weighted by Crippen LogP contribution is -2.12. The molecule has 0 amide bonds. The van der Waals surface area contributed by atoms with Crippen LogP contribution in [0.3, 0.4) is 0 Å². The zero-order valence-corrected chi connectivity index (χ0v) is 14.6. The van der Waals surface area contributed by atoms with Crippen molar-refractivity contribution in [2.45, 2.75) is 25.8 Å². The Morgan fingerprint density at radius 3 is 2.64 bits per heavy atom. The predicted octanol–water partition coefficient (Wildman–Crippen LogP) is 5.36. The standard InChI is InChI=1S/C18H21BrN2O/c1-13(2)4-9-18(16-10-11-20-12-17(16)19)21-14-5-7-15(22-3)8-6-14/h5-8,10-12,18,21H,1,4,9H2,2-3H3/t18-/m1/s1. The van der Waals surface area contributed by atoms with Gasteiger partial charge in [-0.05, 0) is 71.6 Å². The molecule has 2 aromatic rings. The van der Waals surface area contributed by atoms with Crippen molar-refractivity contribution in [3.8, 4) is 5.75 Å². The maximum atomic E-state index is 5.20. The molecule has 1 heterocycles. The highest BCUT2D eigenvalue weighted by Gasteiger charge is 2.14. The van der Waals surface area contributed by atoms with E-state index in [0.717, 1.165) is 28.8 Å². The number of hydrogen-bond acceptors (Lipinski definition) is 3. The van der Waals surface area contributed by atoms with Gasteiger partial charge in [0.2, 0.25) is 0 Å². The van der Waals surface area contributed by atoms with Crippen molar-refractivity contribution in [2.24, 2.45) is 0 Å². The fourth-order valence-electron chi connectivity index (χ4n) is 2.25. The second kappa shape index (κ2) is 7.99. The first-order valence-electron chi connectivity index (χ1n) is 7.24. The van der Waals surface area contributed by atoms with E-state index in [1.807, 2.05) is 42.7 Å². The number of nitrogens with one attached hydrogen (secondary N) is 1. The maximum absolute atomic E-state index is 5.20. The molecule has 4 heteroatoms. The smallest absolute Gasteiger partial charge is 0.119 e. The summed E-state index contributed by atoms with van der Waals surface area (Å²) in [5.74, 6) is 0.856. The van der Waals surface area contributed by atoms with Crippen LogP contribution in [0.2, 0.25) is 0 Å². The molecule has 22 heavy (non-hydrogen) atoms. The number of ether oxygens (including phenoxy) is 1. The average Bonchev–Trinajstić information content (AvgIpc) is 2.52. The third-order valence-electron chi connectivity index (χ3n) is 3.47. The van der Waals surface area contributed by atoms with Crippen LogP contribution in [0.5, 0.6) is 5.75 Å². The van der Waals surface area contributed by atoms with Gasteiger partial charge in [-0.2, -0.15) is 0 Å². The molecular weight excluding hydrogens is 340 g/mol. The molecule has 1 aromatic heterocycles. The molecule has 0 bridgehead atoms. The first-order chi connectivity index (χ1) is 10.6. The largest absolute Gasteiger partial charge is 0.497 e. The molecular formula is C18H21BrN2O. The zero-order valence-electron chi connectivity index (χ0n) is 13.0. The van der Waals surface area contributed by atoms with Crippen molar-refractivity contribution in [1.82, 2.24) is 4.98 Å². The van der Waals surface area contributed by atoms with Gasteiger partial charge < -0.3 is 10.1 Å². The molecule has 0 aliphatic heterocycles. The van der Waals surface area contributed by atoms with Crippen molar-refractivity contribution < 1.29 is 4.74 Å². The van der Waals surface area contributed by atoms with Gasteiger partial charge in [0, 0.05) is 22.6 Å². The number of hydrogen-bond donors (Lipinski definition) is 1. The Labute approximate surface area is 140 Å². The summed E-state index contributed by atoms with van der Waals surface area (Å²) < 4.78 is 6.22. The molecule has 1 aromatic carbocycles. The van der Waals surface area contributed by atoms with Gasteiger partial charge in [0.15, 0.2) is 0 Å². The number of pyridine rings is 1. The number of rotatable bonds is 7.